The van der Waals surface area contributed by atoms with E-state index in [9.17, 15) is 0 Å². The molecule has 0 aromatic heterocycles. The van der Waals surface area contributed by atoms with Gasteiger partial charge >= 0.3 is 0 Å². The SMILES string of the molecule is COc1ccc(Cl)cc1C=N. The first kappa shape index (κ1) is 8.08. The minimum absolute atomic E-state index is 0.615. The maximum Gasteiger partial charge on any atom is 0.127 e. The molecule has 0 bridgehead atoms. The number of methoxy groups -OCH3 is 1. The molecular weight excluding hydrogens is 162 g/mol. The summed E-state index contributed by atoms with van der Waals surface area (Å²) in [4.78, 5) is 0. The van der Waals surface area contributed by atoms with Crippen molar-refractivity contribution < 1.29 is 4.74 Å². The first-order chi connectivity index (χ1) is 5.27. The molecule has 0 aliphatic rings. The molecule has 0 atom stereocenters. The lowest BCUT2D eigenvalue weighted by Crippen LogP contribution is -1.89. The molecule has 1 aromatic carbocycles. The highest BCUT2D eigenvalue weighted by Crippen LogP contribution is 2.20. The van der Waals surface area contributed by atoms with E-state index >= 15 is 0 Å². The molecule has 58 valence electrons. The predicted octanol–water partition coefficient (Wildman–Crippen LogP) is 2.35. The van der Waals surface area contributed by atoms with Gasteiger partial charge in [-0.05, 0) is 18.2 Å². The van der Waals surface area contributed by atoms with Crippen molar-refractivity contribution in [2.75, 3.05) is 7.11 Å². The Labute approximate surface area is 70.3 Å². The molecule has 3 heteroatoms. The molecule has 0 amide bonds. The molecular formula is C8H8ClNO. The van der Waals surface area contributed by atoms with E-state index in [4.69, 9.17) is 21.7 Å². The van der Waals surface area contributed by atoms with Crippen LogP contribution in [0, 0.1) is 5.41 Å². The molecule has 0 radical (unpaired) electrons. The van der Waals surface area contributed by atoms with Crippen LogP contribution < -0.4 is 4.74 Å². The number of halogens is 1. The number of nitrogens with one attached hydrogen (secondary N) is 1. The van der Waals surface area contributed by atoms with Gasteiger partial charge in [0.05, 0.1) is 7.11 Å². The van der Waals surface area contributed by atoms with E-state index in [0.717, 1.165) is 0 Å². The topological polar surface area (TPSA) is 33.1 Å². The molecule has 0 saturated carbocycles. The average molecular weight is 170 g/mol. The quantitative estimate of drug-likeness (QED) is 0.678. The Hall–Kier alpha value is -1.02. The van der Waals surface area contributed by atoms with Crippen molar-refractivity contribution in [3.05, 3.63) is 28.8 Å². The van der Waals surface area contributed by atoms with Gasteiger partial charge in [0.1, 0.15) is 5.75 Å². The number of ether oxygens (including phenoxy) is 1. The highest BCUT2D eigenvalue weighted by Gasteiger charge is 1.98. The summed E-state index contributed by atoms with van der Waals surface area (Å²) < 4.78 is 4.98. The van der Waals surface area contributed by atoms with E-state index in [0.29, 0.717) is 16.3 Å². The first-order valence-corrected chi connectivity index (χ1v) is 3.49. The largest absolute Gasteiger partial charge is 0.496 e. The second-order valence-electron chi connectivity index (χ2n) is 2.03. The minimum atomic E-state index is 0.615. The van der Waals surface area contributed by atoms with Crippen molar-refractivity contribution in [3.63, 3.8) is 0 Å². The van der Waals surface area contributed by atoms with Crippen LogP contribution in [0.25, 0.3) is 0 Å². The van der Waals surface area contributed by atoms with Gasteiger partial charge in [0.25, 0.3) is 0 Å². The number of hydrogen-bond donors (Lipinski definition) is 1. The van der Waals surface area contributed by atoms with Crippen LogP contribution in [-0.4, -0.2) is 13.3 Å². The van der Waals surface area contributed by atoms with Crippen LogP contribution in [-0.2, 0) is 0 Å². The third-order valence-corrected chi connectivity index (χ3v) is 1.58. The van der Waals surface area contributed by atoms with Gasteiger partial charge in [-0.2, -0.15) is 0 Å². The summed E-state index contributed by atoms with van der Waals surface area (Å²) in [6, 6.07) is 5.16. The van der Waals surface area contributed by atoms with Crippen LogP contribution in [0.15, 0.2) is 18.2 Å². The predicted molar refractivity (Wildman–Crippen MR) is 45.9 cm³/mol. The summed E-state index contributed by atoms with van der Waals surface area (Å²) in [6.07, 6.45) is 1.21. The number of benzene rings is 1. The summed E-state index contributed by atoms with van der Waals surface area (Å²) in [6.45, 7) is 0. The van der Waals surface area contributed by atoms with Gasteiger partial charge < -0.3 is 10.1 Å². The van der Waals surface area contributed by atoms with Gasteiger partial charge in [0.2, 0.25) is 0 Å². The number of hydrogen-bond acceptors (Lipinski definition) is 2. The fourth-order valence-corrected chi connectivity index (χ4v) is 0.999. The average Bonchev–Trinajstić information content (AvgIpc) is 2.04. The lowest BCUT2D eigenvalue weighted by atomic mass is 10.2. The summed E-state index contributed by atoms with van der Waals surface area (Å²) >= 11 is 5.69. The fraction of sp³-hybridized carbons (Fsp3) is 0.125. The number of rotatable bonds is 2. The van der Waals surface area contributed by atoms with E-state index in [-0.39, 0.29) is 0 Å². The molecule has 0 saturated heterocycles. The second kappa shape index (κ2) is 3.39. The molecule has 1 N–H and O–H groups in total. The van der Waals surface area contributed by atoms with E-state index in [1.807, 2.05) is 0 Å². The Morgan fingerprint density at radius 2 is 2.27 bits per heavy atom. The van der Waals surface area contributed by atoms with Crippen molar-refractivity contribution in [1.29, 1.82) is 5.41 Å². The van der Waals surface area contributed by atoms with Gasteiger partial charge in [0.15, 0.2) is 0 Å². The van der Waals surface area contributed by atoms with Gasteiger partial charge in [-0.15, -0.1) is 0 Å². The first-order valence-electron chi connectivity index (χ1n) is 3.12. The van der Waals surface area contributed by atoms with Crippen LogP contribution in [0.4, 0.5) is 0 Å². The highest BCUT2D eigenvalue weighted by molar-refractivity contribution is 6.30. The molecule has 1 aromatic rings. The van der Waals surface area contributed by atoms with Crippen LogP contribution >= 0.6 is 11.6 Å². The zero-order valence-electron chi connectivity index (χ0n) is 6.10. The van der Waals surface area contributed by atoms with Gasteiger partial charge in [-0.1, -0.05) is 11.6 Å². The minimum Gasteiger partial charge on any atom is -0.496 e. The third kappa shape index (κ3) is 1.71. The lowest BCUT2D eigenvalue weighted by molar-refractivity contribution is 0.414. The van der Waals surface area contributed by atoms with Crippen LogP contribution in [0.5, 0.6) is 5.75 Å². The molecule has 0 aliphatic heterocycles. The third-order valence-electron chi connectivity index (χ3n) is 1.35. The van der Waals surface area contributed by atoms with Gasteiger partial charge in [0, 0.05) is 16.8 Å². The van der Waals surface area contributed by atoms with E-state index < -0.39 is 0 Å². The maximum absolute atomic E-state index is 7.02. The zero-order valence-corrected chi connectivity index (χ0v) is 6.85. The molecule has 0 fully saturated rings. The maximum atomic E-state index is 7.02. The Morgan fingerprint density at radius 1 is 1.55 bits per heavy atom. The Morgan fingerprint density at radius 3 is 2.82 bits per heavy atom. The molecule has 0 spiro atoms. The summed E-state index contributed by atoms with van der Waals surface area (Å²) in [7, 11) is 1.57. The molecule has 1 rings (SSSR count). The van der Waals surface area contributed by atoms with E-state index in [1.54, 1.807) is 25.3 Å². The van der Waals surface area contributed by atoms with Crippen molar-refractivity contribution in [1.82, 2.24) is 0 Å². The van der Waals surface area contributed by atoms with Crippen molar-refractivity contribution >= 4 is 17.8 Å². The zero-order chi connectivity index (χ0) is 8.27. The molecule has 11 heavy (non-hydrogen) atoms. The molecule has 0 aliphatic carbocycles. The van der Waals surface area contributed by atoms with E-state index in [2.05, 4.69) is 0 Å². The van der Waals surface area contributed by atoms with Crippen LogP contribution in [0.3, 0.4) is 0 Å². The van der Waals surface area contributed by atoms with Gasteiger partial charge in [-0.3, -0.25) is 0 Å². The summed E-state index contributed by atoms with van der Waals surface area (Å²) in [5.41, 5.74) is 0.694. The fourth-order valence-electron chi connectivity index (χ4n) is 0.818. The molecule has 0 unspecified atom stereocenters. The summed E-state index contributed by atoms with van der Waals surface area (Å²) in [5.74, 6) is 0.671. The smallest absolute Gasteiger partial charge is 0.127 e. The standard InChI is InChI=1S/C8H8ClNO/c1-11-8-3-2-7(9)4-6(8)5-10/h2-5,10H,1H3. The highest BCUT2D eigenvalue weighted by atomic mass is 35.5. The Bertz CT molecular complexity index is 273. The van der Waals surface area contributed by atoms with Crippen molar-refractivity contribution in [3.8, 4) is 5.75 Å². The second-order valence-corrected chi connectivity index (χ2v) is 2.47. The Kier molecular flexibility index (Phi) is 2.49. The van der Waals surface area contributed by atoms with Crippen LogP contribution in [0.2, 0.25) is 5.02 Å². The normalized spacial score (nSPS) is 9.27. The lowest BCUT2D eigenvalue weighted by Gasteiger charge is -2.02. The van der Waals surface area contributed by atoms with Crippen molar-refractivity contribution in [2.45, 2.75) is 0 Å². The van der Waals surface area contributed by atoms with E-state index in [1.165, 1.54) is 6.21 Å². The van der Waals surface area contributed by atoms with Gasteiger partial charge in [-0.25, -0.2) is 0 Å². The monoisotopic (exact) mass is 169 g/mol. The van der Waals surface area contributed by atoms with Crippen LogP contribution in [0.1, 0.15) is 5.56 Å². The molecule has 0 heterocycles. The molecule has 2 nitrogen and oxygen atoms in total. The summed E-state index contributed by atoms with van der Waals surface area (Å²) in [5, 5.41) is 7.64. The Balaban J connectivity index is 3.16. The van der Waals surface area contributed by atoms with Crippen molar-refractivity contribution in [2.24, 2.45) is 0 Å².